The standard InChI is InChI=1S/C17H23F2NO/c1-3-21-16-10-15(17(16)6-4-5-7-17)20-14-9-12(18)11(2)8-13(14)19/h8-9,15-16,20H,3-7,10H2,1-2H3. The van der Waals surface area contributed by atoms with Gasteiger partial charge in [-0.1, -0.05) is 12.8 Å². The molecule has 0 aliphatic heterocycles. The Morgan fingerprint density at radius 2 is 1.95 bits per heavy atom. The van der Waals surface area contributed by atoms with Gasteiger partial charge in [0.1, 0.15) is 11.6 Å². The van der Waals surface area contributed by atoms with E-state index in [0.717, 1.165) is 19.3 Å². The van der Waals surface area contributed by atoms with Gasteiger partial charge in [0.2, 0.25) is 0 Å². The van der Waals surface area contributed by atoms with Gasteiger partial charge in [-0.05, 0) is 44.7 Å². The Balaban J connectivity index is 1.78. The highest BCUT2D eigenvalue weighted by Crippen LogP contribution is 2.55. The Bertz CT molecular complexity index is 526. The number of halogens is 2. The molecular formula is C17H23F2NO. The minimum absolute atomic E-state index is 0.115. The molecule has 0 radical (unpaired) electrons. The highest BCUT2D eigenvalue weighted by molar-refractivity contribution is 5.49. The first-order valence-corrected chi connectivity index (χ1v) is 7.90. The minimum atomic E-state index is -0.373. The molecular weight excluding hydrogens is 272 g/mol. The van der Waals surface area contributed by atoms with Crippen molar-refractivity contribution in [3.05, 3.63) is 29.3 Å². The van der Waals surface area contributed by atoms with Crippen molar-refractivity contribution in [2.75, 3.05) is 11.9 Å². The molecule has 4 heteroatoms. The van der Waals surface area contributed by atoms with Gasteiger partial charge in [-0.2, -0.15) is 0 Å². The van der Waals surface area contributed by atoms with Crippen molar-refractivity contribution < 1.29 is 13.5 Å². The van der Waals surface area contributed by atoms with Gasteiger partial charge in [-0.3, -0.25) is 0 Å². The quantitative estimate of drug-likeness (QED) is 0.887. The molecule has 21 heavy (non-hydrogen) atoms. The lowest BCUT2D eigenvalue weighted by molar-refractivity contribution is -0.114. The molecule has 1 spiro atoms. The molecule has 1 N–H and O–H groups in total. The van der Waals surface area contributed by atoms with Crippen molar-refractivity contribution >= 4 is 5.69 Å². The summed E-state index contributed by atoms with van der Waals surface area (Å²) in [7, 11) is 0. The highest BCUT2D eigenvalue weighted by Gasteiger charge is 2.56. The second kappa shape index (κ2) is 5.56. The second-order valence-electron chi connectivity index (χ2n) is 6.40. The molecule has 2 unspecified atom stereocenters. The molecule has 116 valence electrons. The van der Waals surface area contributed by atoms with E-state index in [1.165, 1.54) is 25.0 Å². The van der Waals surface area contributed by atoms with Crippen LogP contribution in [0.25, 0.3) is 0 Å². The number of nitrogens with one attached hydrogen (secondary N) is 1. The van der Waals surface area contributed by atoms with E-state index in [0.29, 0.717) is 12.2 Å². The van der Waals surface area contributed by atoms with Crippen LogP contribution >= 0.6 is 0 Å². The normalized spacial score (nSPS) is 26.9. The Kier molecular flexibility index (Phi) is 3.91. The van der Waals surface area contributed by atoms with Gasteiger partial charge in [0.05, 0.1) is 11.8 Å². The van der Waals surface area contributed by atoms with Crippen LogP contribution in [0, 0.1) is 24.0 Å². The number of benzene rings is 1. The molecule has 2 saturated carbocycles. The molecule has 3 rings (SSSR count). The number of aryl methyl sites for hydroxylation is 1. The zero-order valence-electron chi connectivity index (χ0n) is 12.7. The summed E-state index contributed by atoms with van der Waals surface area (Å²) in [5.74, 6) is -0.734. The fourth-order valence-corrected chi connectivity index (χ4v) is 4.03. The molecule has 0 amide bonds. The first kappa shape index (κ1) is 14.8. The number of anilines is 1. The van der Waals surface area contributed by atoms with Crippen molar-refractivity contribution in [3.8, 4) is 0 Å². The summed E-state index contributed by atoms with van der Waals surface area (Å²) in [6.07, 6.45) is 5.78. The molecule has 2 atom stereocenters. The average Bonchev–Trinajstić information content (AvgIpc) is 2.95. The van der Waals surface area contributed by atoms with Gasteiger partial charge in [0, 0.05) is 24.1 Å². The van der Waals surface area contributed by atoms with E-state index in [2.05, 4.69) is 5.32 Å². The summed E-state index contributed by atoms with van der Waals surface area (Å²) in [6.45, 7) is 4.31. The monoisotopic (exact) mass is 295 g/mol. The van der Waals surface area contributed by atoms with E-state index in [1.807, 2.05) is 6.92 Å². The van der Waals surface area contributed by atoms with E-state index in [9.17, 15) is 8.78 Å². The number of rotatable bonds is 4. The molecule has 0 heterocycles. The first-order chi connectivity index (χ1) is 10.1. The molecule has 2 aliphatic rings. The van der Waals surface area contributed by atoms with Crippen LogP contribution in [0.3, 0.4) is 0 Å². The third kappa shape index (κ3) is 2.44. The predicted octanol–water partition coefficient (Wildman–Crippen LogP) is 4.42. The van der Waals surface area contributed by atoms with Crippen LogP contribution in [0.1, 0.15) is 44.6 Å². The zero-order chi connectivity index (χ0) is 15.0. The smallest absolute Gasteiger partial charge is 0.146 e. The van der Waals surface area contributed by atoms with E-state index in [4.69, 9.17) is 4.74 Å². The van der Waals surface area contributed by atoms with Crippen LogP contribution < -0.4 is 5.32 Å². The Labute approximate surface area is 124 Å². The fraction of sp³-hybridized carbons (Fsp3) is 0.647. The lowest BCUT2D eigenvalue weighted by Gasteiger charge is -2.54. The van der Waals surface area contributed by atoms with Crippen LogP contribution in [0.4, 0.5) is 14.5 Å². The highest BCUT2D eigenvalue weighted by atomic mass is 19.1. The van der Waals surface area contributed by atoms with Crippen molar-refractivity contribution in [2.24, 2.45) is 5.41 Å². The molecule has 2 fully saturated rings. The van der Waals surface area contributed by atoms with Gasteiger partial charge in [-0.15, -0.1) is 0 Å². The lowest BCUT2D eigenvalue weighted by Crippen LogP contribution is -2.60. The van der Waals surface area contributed by atoms with Crippen molar-refractivity contribution in [2.45, 2.75) is 58.1 Å². The molecule has 2 aliphatic carbocycles. The summed E-state index contributed by atoms with van der Waals surface area (Å²) in [6, 6.07) is 2.73. The lowest BCUT2D eigenvalue weighted by atomic mass is 9.60. The maximum Gasteiger partial charge on any atom is 0.146 e. The summed E-state index contributed by atoms with van der Waals surface area (Å²) < 4.78 is 33.5. The topological polar surface area (TPSA) is 21.3 Å². The summed E-state index contributed by atoms with van der Waals surface area (Å²) in [5.41, 5.74) is 0.739. The molecule has 0 bridgehead atoms. The van der Waals surface area contributed by atoms with Crippen molar-refractivity contribution in [1.29, 1.82) is 0 Å². The van der Waals surface area contributed by atoms with Crippen molar-refractivity contribution in [1.82, 2.24) is 0 Å². The van der Waals surface area contributed by atoms with Gasteiger partial charge < -0.3 is 10.1 Å². The SMILES string of the molecule is CCOC1CC(Nc2cc(F)c(C)cc2F)C12CCCC2. The Morgan fingerprint density at radius 1 is 1.24 bits per heavy atom. The van der Waals surface area contributed by atoms with Gasteiger partial charge in [0.15, 0.2) is 0 Å². The maximum atomic E-state index is 14.0. The largest absolute Gasteiger partial charge is 0.379 e. The van der Waals surface area contributed by atoms with E-state index in [-0.39, 0.29) is 34.9 Å². The summed E-state index contributed by atoms with van der Waals surface area (Å²) in [4.78, 5) is 0. The van der Waals surface area contributed by atoms with Crippen LogP contribution in [0.2, 0.25) is 0 Å². The number of hydrogen-bond donors (Lipinski definition) is 1. The molecule has 0 aromatic heterocycles. The van der Waals surface area contributed by atoms with E-state index < -0.39 is 0 Å². The van der Waals surface area contributed by atoms with Crippen LogP contribution in [0.5, 0.6) is 0 Å². The minimum Gasteiger partial charge on any atom is -0.379 e. The third-order valence-electron chi connectivity index (χ3n) is 5.27. The van der Waals surface area contributed by atoms with Crippen LogP contribution in [0.15, 0.2) is 12.1 Å². The first-order valence-electron chi connectivity index (χ1n) is 7.90. The van der Waals surface area contributed by atoms with Crippen LogP contribution in [-0.4, -0.2) is 18.8 Å². The summed E-state index contributed by atoms with van der Waals surface area (Å²) >= 11 is 0. The van der Waals surface area contributed by atoms with Crippen molar-refractivity contribution in [3.63, 3.8) is 0 Å². The Hall–Kier alpha value is -1.16. The fourth-order valence-electron chi connectivity index (χ4n) is 4.03. The van der Waals surface area contributed by atoms with Gasteiger partial charge >= 0.3 is 0 Å². The summed E-state index contributed by atoms with van der Waals surface area (Å²) in [5, 5.41) is 3.24. The number of ether oxygens (including phenoxy) is 1. The zero-order valence-corrected chi connectivity index (χ0v) is 12.7. The number of hydrogen-bond acceptors (Lipinski definition) is 2. The van der Waals surface area contributed by atoms with E-state index in [1.54, 1.807) is 6.92 Å². The van der Waals surface area contributed by atoms with Gasteiger partial charge in [-0.25, -0.2) is 8.78 Å². The molecule has 1 aromatic carbocycles. The molecule has 2 nitrogen and oxygen atoms in total. The van der Waals surface area contributed by atoms with Crippen LogP contribution in [-0.2, 0) is 4.74 Å². The third-order valence-corrected chi connectivity index (χ3v) is 5.27. The van der Waals surface area contributed by atoms with E-state index >= 15 is 0 Å². The molecule has 1 aromatic rings. The van der Waals surface area contributed by atoms with Gasteiger partial charge in [0.25, 0.3) is 0 Å². The predicted molar refractivity (Wildman–Crippen MR) is 79.4 cm³/mol. The Morgan fingerprint density at radius 3 is 2.62 bits per heavy atom. The second-order valence-corrected chi connectivity index (χ2v) is 6.40. The maximum absolute atomic E-state index is 14.0. The molecule has 0 saturated heterocycles. The average molecular weight is 295 g/mol.